The van der Waals surface area contributed by atoms with Gasteiger partial charge in [-0.3, -0.25) is 4.90 Å². The highest BCUT2D eigenvalue weighted by atomic mass is 16.3. The van der Waals surface area contributed by atoms with Gasteiger partial charge in [-0.25, -0.2) is 4.98 Å². The van der Waals surface area contributed by atoms with Crippen LogP contribution in [0.15, 0.2) is 89.3 Å². The predicted octanol–water partition coefficient (Wildman–Crippen LogP) is 5.05. The van der Waals surface area contributed by atoms with Gasteiger partial charge in [0.1, 0.15) is 5.52 Å². The van der Waals surface area contributed by atoms with Gasteiger partial charge in [-0.1, -0.05) is 72.8 Å². The summed E-state index contributed by atoms with van der Waals surface area (Å²) < 4.78 is 5.91. The van der Waals surface area contributed by atoms with E-state index in [0.717, 1.165) is 17.0 Å². The van der Waals surface area contributed by atoms with E-state index in [4.69, 9.17) is 4.42 Å². The molecule has 0 atom stereocenters. The van der Waals surface area contributed by atoms with Gasteiger partial charge in [0.25, 0.3) is 0 Å². The lowest BCUT2D eigenvalue weighted by Crippen LogP contribution is -2.25. The van der Waals surface area contributed by atoms with Crippen LogP contribution in [-0.2, 0) is 6.54 Å². The number of rotatable bonds is 5. The summed E-state index contributed by atoms with van der Waals surface area (Å²) >= 11 is 0. The first-order chi connectivity index (χ1) is 12.3. The molecule has 0 spiro atoms. The normalized spacial score (nSPS) is 11.5. The van der Waals surface area contributed by atoms with Crippen LogP contribution in [0.5, 0.6) is 0 Å². The minimum Gasteiger partial charge on any atom is -0.439 e. The summed E-state index contributed by atoms with van der Waals surface area (Å²) in [7, 11) is 2.11. The molecule has 25 heavy (non-hydrogen) atoms. The van der Waals surface area contributed by atoms with Gasteiger partial charge in [0.2, 0.25) is 5.89 Å². The molecule has 0 unspecified atom stereocenters. The number of oxazole rings is 1. The van der Waals surface area contributed by atoms with Crippen LogP contribution in [0.4, 0.5) is 0 Å². The van der Waals surface area contributed by atoms with Crippen LogP contribution < -0.4 is 0 Å². The highest BCUT2D eigenvalue weighted by molar-refractivity contribution is 5.72. The summed E-state index contributed by atoms with van der Waals surface area (Å²) in [6, 6.07) is 29.1. The Morgan fingerprint density at radius 2 is 1.36 bits per heavy atom. The molecule has 124 valence electrons. The largest absolute Gasteiger partial charge is 0.439 e. The van der Waals surface area contributed by atoms with E-state index < -0.39 is 0 Å². The zero-order chi connectivity index (χ0) is 17.1. The minimum absolute atomic E-state index is 0.150. The van der Waals surface area contributed by atoms with Crippen molar-refractivity contribution in [3.8, 4) is 0 Å². The monoisotopic (exact) mass is 328 g/mol. The molecule has 0 aliphatic rings. The Kier molecular flexibility index (Phi) is 4.32. The van der Waals surface area contributed by atoms with Crippen LogP contribution >= 0.6 is 0 Å². The predicted molar refractivity (Wildman–Crippen MR) is 100 cm³/mol. The van der Waals surface area contributed by atoms with Crippen LogP contribution in [0.25, 0.3) is 11.1 Å². The van der Waals surface area contributed by atoms with Crippen LogP contribution in [0.3, 0.4) is 0 Å². The summed E-state index contributed by atoms with van der Waals surface area (Å²) in [4.78, 5) is 6.89. The van der Waals surface area contributed by atoms with E-state index in [0.29, 0.717) is 6.54 Å². The molecule has 0 bridgehead atoms. The third-order valence-electron chi connectivity index (χ3n) is 4.39. The molecule has 4 rings (SSSR count). The van der Waals surface area contributed by atoms with Crippen molar-refractivity contribution in [3.05, 3.63) is 102 Å². The Morgan fingerprint density at radius 3 is 1.96 bits per heavy atom. The lowest BCUT2D eigenvalue weighted by Gasteiger charge is -2.28. The second-order valence-corrected chi connectivity index (χ2v) is 6.21. The van der Waals surface area contributed by atoms with Crippen molar-refractivity contribution in [1.29, 1.82) is 0 Å². The van der Waals surface area contributed by atoms with Crippen molar-refractivity contribution >= 4 is 11.1 Å². The second-order valence-electron chi connectivity index (χ2n) is 6.21. The SMILES string of the molecule is CN(Cc1nc2ccccc2o1)C(c1ccccc1)c1ccccc1. The quantitative estimate of drug-likeness (QED) is 0.513. The molecule has 0 saturated heterocycles. The van der Waals surface area contributed by atoms with Crippen molar-refractivity contribution in [2.24, 2.45) is 0 Å². The van der Waals surface area contributed by atoms with Gasteiger partial charge in [0, 0.05) is 0 Å². The van der Waals surface area contributed by atoms with Gasteiger partial charge >= 0.3 is 0 Å². The highest BCUT2D eigenvalue weighted by Crippen LogP contribution is 2.29. The van der Waals surface area contributed by atoms with Crippen molar-refractivity contribution in [3.63, 3.8) is 0 Å². The van der Waals surface area contributed by atoms with E-state index in [9.17, 15) is 0 Å². The van der Waals surface area contributed by atoms with Crippen molar-refractivity contribution in [2.45, 2.75) is 12.6 Å². The van der Waals surface area contributed by atoms with Crippen molar-refractivity contribution < 1.29 is 4.42 Å². The topological polar surface area (TPSA) is 29.3 Å². The van der Waals surface area contributed by atoms with Crippen molar-refractivity contribution in [1.82, 2.24) is 9.88 Å². The summed E-state index contributed by atoms with van der Waals surface area (Å²) in [5.74, 6) is 0.737. The number of aromatic nitrogens is 1. The van der Waals surface area contributed by atoms with Gasteiger partial charge < -0.3 is 4.42 Å². The highest BCUT2D eigenvalue weighted by Gasteiger charge is 2.21. The standard InChI is InChI=1S/C22H20N2O/c1-24(16-21-23-19-14-8-9-15-20(19)25-21)22(17-10-4-2-5-11-17)18-12-6-3-7-13-18/h2-15,22H,16H2,1H3. The number of benzene rings is 3. The average Bonchev–Trinajstić information content (AvgIpc) is 3.06. The van der Waals surface area contributed by atoms with E-state index in [2.05, 4.69) is 65.5 Å². The zero-order valence-electron chi connectivity index (χ0n) is 14.2. The lowest BCUT2D eigenvalue weighted by molar-refractivity contribution is 0.245. The number of hydrogen-bond acceptors (Lipinski definition) is 3. The van der Waals surface area contributed by atoms with Gasteiger partial charge in [-0.15, -0.1) is 0 Å². The minimum atomic E-state index is 0.150. The fourth-order valence-electron chi connectivity index (χ4n) is 3.26. The van der Waals surface area contributed by atoms with E-state index in [-0.39, 0.29) is 6.04 Å². The zero-order valence-corrected chi connectivity index (χ0v) is 14.2. The fraction of sp³-hybridized carbons (Fsp3) is 0.136. The molecule has 0 N–H and O–H groups in total. The average molecular weight is 328 g/mol. The molecule has 3 nitrogen and oxygen atoms in total. The van der Waals surface area contributed by atoms with Crippen LogP contribution in [0, 0.1) is 0 Å². The van der Waals surface area contributed by atoms with E-state index in [1.54, 1.807) is 0 Å². The van der Waals surface area contributed by atoms with Gasteiger partial charge in [-0.2, -0.15) is 0 Å². The third-order valence-corrected chi connectivity index (χ3v) is 4.39. The molecule has 1 aromatic heterocycles. The number of hydrogen-bond donors (Lipinski definition) is 0. The molecule has 3 heteroatoms. The van der Waals surface area contributed by atoms with Crippen LogP contribution in [0.1, 0.15) is 23.1 Å². The molecule has 4 aromatic rings. The first-order valence-corrected chi connectivity index (χ1v) is 8.46. The molecule has 0 aliphatic heterocycles. The maximum absolute atomic E-state index is 5.91. The van der Waals surface area contributed by atoms with E-state index in [1.807, 2.05) is 36.4 Å². The summed E-state index contributed by atoms with van der Waals surface area (Å²) in [6.45, 7) is 0.642. The van der Waals surface area contributed by atoms with Gasteiger partial charge in [-0.05, 0) is 30.3 Å². The van der Waals surface area contributed by atoms with Crippen LogP contribution in [-0.4, -0.2) is 16.9 Å². The third kappa shape index (κ3) is 3.32. The van der Waals surface area contributed by atoms with Crippen LogP contribution in [0.2, 0.25) is 0 Å². The van der Waals surface area contributed by atoms with E-state index >= 15 is 0 Å². The Morgan fingerprint density at radius 1 is 0.800 bits per heavy atom. The maximum Gasteiger partial charge on any atom is 0.209 e. The maximum atomic E-state index is 5.91. The Bertz CT molecular complexity index is 875. The Labute approximate surface area is 147 Å². The molecule has 0 fully saturated rings. The number of nitrogens with zero attached hydrogens (tertiary/aromatic N) is 2. The fourth-order valence-corrected chi connectivity index (χ4v) is 3.26. The Hall–Kier alpha value is -2.91. The smallest absolute Gasteiger partial charge is 0.209 e. The lowest BCUT2D eigenvalue weighted by atomic mass is 9.97. The molecule has 1 heterocycles. The molecule has 0 amide bonds. The first kappa shape index (κ1) is 15.6. The molecule has 0 saturated carbocycles. The number of para-hydroxylation sites is 2. The van der Waals surface area contributed by atoms with Crippen molar-refractivity contribution in [2.75, 3.05) is 7.05 Å². The first-order valence-electron chi connectivity index (χ1n) is 8.46. The summed E-state index contributed by atoms with van der Waals surface area (Å²) in [5, 5.41) is 0. The summed E-state index contributed by atoms with van der Waals surface area (Å²) in [6.07, 6.45) is 0. The molecule has 0 aliphatic carbocycles. The van der Waals surface area contributed by atoms with Gasteiger partial charge in [0.15, 0.2) is 5.58 Å². The Balaban J connectivity index is 1.66. The summed E-state index contributed by atoms with van der Waals surface area (Å²) in [5.41, 5.74) is 4.25. The molecular weight excluding hydrogens is 308 g/mol. The van der Waals surface area contributed by atoms with Gasteiger partial charge in [0.05, 0.1) is 12.6 Å². The molecule has 0 radical (unpaired) electrons. The number of fused-ring (bicyclic) bond motifs is 1. The van der Waals surface area contributed by atoms with E-state index in [1.165, 1.54) is 11.1 Å². The second kappa shape index (κ2) is 6.91. The molecule has 3 aromatic carbocycles. The molecular formula is C22H20N2O.